The Hall–Kier alpha value is -0.360. The van der Waals surface area contributed by atoms with E-state index in [1.165, 1.54) is 13.8 Å². The molecule has 0 unspecified atom stereocenters. The van der Waals surface area contributed by atoms with Gasteiger partial charge in [-0.25, -0.2) is 0 Å². The molecule has 0 aromatic heterocycles. The van der Waals surface area contributed by atoms with Crippen LogP contribution in [0.25, 0.3) is 0 Å². The zero-order chi connectivity index (χ0) is 15.9. The quantitative estimate of drug-likeness (QED) is 0.308. The predicted octanol–water partition coefficient (Wildman–Crippen LogP) is -3.34. The molecule has 0 aliphatic carbocycles. The molecule has 9 heteroatoms. The second-order valence-electron chi connectivity index (χ2n) is 5.50. The first-order chi connectivity index (χ1) is 9.73. The fraction of sp³-hybridized carbons (Fsp3) is 1.00. The molecule has 2 heterocycles. The molecule has 0 amide bonds. The maximum atomic E-state index is 9.91. The summed E-state index contributed by atoms with van der Waals surface area (Å²) in [4.78, 5) is 0. The highest BCUT2D eigenvalue weighted by Gasteiger charge is 2.48. The van der Waals surface area contributed by atoms with Crippen LogP contribution in [0.1, 0.15) is 13.8 Å². The topological polar surface area (TPSA) is 149 Å². The van der Waals surface area contributed by atoms with Gasteiger partial charge >= 0.3 is 0 Å². The van der Waals surface area contributed by atoms with Crippen molar-refractivity contribution < 1.29 is 44.8 Å². The number of aliphatic hydroxyl groups excluding tert-OH is 6. The van der Waals surface area contributed by atoms with Gasteiger partial charge in [0.2, 0.25) is 0 Å². The maximum Gasteiger partial charge on any atom is 0.187 e. The van der Waals surface area contributed by atoms with Crippen molar-refractivity contribution in [2.45, 2.75) is 75.3 Å². The highest BCUT2D eigenvalue weighted by atomic mass is 16.7. The Morgan fingerprint density at radius 3 is 1.90 bits per heavy atom. The maximum absolute atomic E-state index is 9.91. The molecule has 124 valence electrons. The van der Waals surface area contributed by atoms with E-state index >= 15 is 0 Å². The molecular weight excluding hydrogens is 288 g/mol. The van der Waals surface area contributed by atoms with Crippen LogP contribution in [0.3, 0.4) is 0 Å². The van der Waals surface area contributed by atoms with Crippen LogP contribution in [-0.2, 0) is 14.2 Å². The van der Waals surface area contributed by atoms with Crippen LogP contribution in [-0.4, -0.2) is 92.1 Å². The zero-order valence-electron chi connectivity index (χ0n) is 11.7. The third-order valence-electron chi connectivity index (χ3n) is 3.90. The minimum Gasteiger partial charge on any atom is -0.388 e. The SMILES string of the molecule is C[C@@H]1O[C@H](O[C@@H]2[C@@H](O)[C@@H](O)[C@H](O)O[C@H]2C)[C@H](O)[C@H](O)[C@H]1O. The summed E-state index contributed by atoms with van der Waals surface area (Å²) in [6, 6.07) is 0. The molecule has 2 fully saturated rings. The molecule has 6 N–H and O–H groups in total. The first-order valence-electron chi connectivity index (χ1n) is 6.78. The lowest BCUT2D eigenvalue weighted by Crippen LogP contribution is -2.62. The van der Waals surface area contributed by atoms with Gasteiger partial charge in [0.15, 0.2) is 12.6 Å². The monoisotopic (exact) mass is 310 g/mol. The third-order valence-corrected chi connectivity index (χ3v) is 3.90. The Morgan fingerprint density at radius 2 is 1.29 bits per heavy atom. The van der Waals surface area contributed by atoms with Crippen molar-refractivity contribution in [3.63, 3.8) is 0 Å². The molecule has 2 aliphatic rings. The first kappa shape index (κ1) is 17.0. The molecule has 0 bridgehead atoms. The van der Waals surface area contributed by atoms with Gasteiger partial charge < -0.3 is 44.8 Å². The van der Waals surface area contributed by atoms with E-state index in [9.17, 15) is 30.6 Å². The van der Waals surface area contributed by atoms with Crippen molar-refractivity contribution in [2.75, 3.05) is 0 Å². The molecule has 0 saturated carbocycles. The van der Waals surface area contributed by atoms with E-state index in [1.807, 2.05) is 0 Å². The smallest absolute Gasteiger partial charge is 0.187 e. The highest BCUT2D eigenvalue weighted by Crippen LogP contribution is 2.28. The van der Waals surface area contributed by atoms with Gasteiger partial charge in [-0.2, -0.15) is 0 Å². The van der Waals surface area contributed by atoms with Crippen molar-refractivity contribution in [1.82, 2.24) is 0 Å². The molecule has 2 saturated heterocycles. The van der Waals surface area contributed by atoms with Crippen molar-refractivity contribution in [3.8, 4) is 0 Å². The largest absolute Gasteiger partial charge is 0.388 e. The van der Waals surface area contributed by atoms with Crippen LogP contribution in [0, 0.1) is 0 Å². The van der Waals surface area contributed by atoms with Crippen LogP contribution < -0.4 is 0 Å². The zero-order valence-corrected chi connectivity index (χ0v) is 11.7. The summed E-state index contributed by atoms with van der Waals surface area (Å²) in [5.41, 5.74) is 0. The van der Waals surface area contributed by atoms with E-state index in [2.05, 4.69) is 0 Å². The standard InChI is InChI=1S/C12H22O9/c1-3-5(13)6(14)9(17)12(20-3)21-10-4(2)19-11(18)8(16)7(10)15/h3-18H,1-2H3/t3-,4-,5-,6+,7-,8+,9+,10-,11+,12+/m0/s1. The fourth-order valence-electron chi connectivity index (χ4n) is 2.49. The predicted molar refractivity (Wildman–Crippen MR) is 65.8 cm³/mol. The lowest BCUT2D eigenvalue weighted by Gasteiger charge is -2.44. The number of rotatable bonds is 2. The number of hydrogen-bond acceptors (Lipinski definition) is 9. The summed E-state index contributed by atoms with van der Waals surface area (Å²) in [6.07, 6.45) is -12.8. The van der Waals surface area contributed by atoms with Crippen LogP contribution in [0.15, 0.2) is 0 Å². The van der Waals surface area contributed by atoms with E-state index in [0.29, 0.717) is 0 Å². The van der Waals surface area contributed by atoms with Gasteiger partial charge in [-0.1, -0.05) is 0 Å². The van der Waals surface area contributed by atoms with Gasteiger partial charge in [0, 0.05) is 0 Å². The molecule has 2 aliphatic heterocycles. The summed E-state index contributed by atoms with van der Waals surface area (Å²) in [5.74, 6) is 0. The number of ether oxygens (including phenoxy) is 3. The molecule has 10 atom stereocenters. The normalized spacial score (nSPS) is 55.4. The average molecular weight is 310 g/mol. The summed E-state index contributed by atoms with van der Waals surface area (Å²) >= 11 is 0. The molecule has 0 aromatic rings. The number of aliphatic hydroxyl groups is 6. The molecule has 0 spiro atoms. The Labute approximate surface area is 121 Å². The van der Waals surface area contributed by atoms with Crippen molar-refractivity contribution in [1.29, 1.82) is 0 Å². The van der Waals surface area contributed by atoms with Crippen molar-refractivity contribution in [3.05, 3.63) is 0 Å². The summed E-state index contributed by atoms with van der Waals surface area (Å²) in [7, 11) is 0. The van der Waals surface area contributed by atoms with Crippen molar-refractivity contribution >= 4 is 0 Å². The van der Waals surface area contributed by atoms with Crippen LogP contribution in [0.4, 0.5) is 0 Å². The fourth-order valence-corrected chi connectivity index (χ4v) is 2.49. The number of hydrogen-bond donors (Lipinski definition) is 6. The van der Waals surface area contributed by atoms with Gasteiger partial charge in [0.25, 0.3) is 0 Å². The molecule has 0 aromatic carbocycles. The lowest BCUT2D eigenvalue weighted by molar-refractivity contribution is -0.348. The Bertz CT molecular complexity index is 354. The van der Waals surface area contributed by atoms with E-state index in [1.54, 1.807) is 0 Å². The van der Waals surface area contributed by atoms with Crippen LogP contribution in [0.5, 0.6) is 0 Å². The summed E-state index contributed by atoms with van der Waals surface area (Å²) < 4.78 is 15.6. The molecular formula is C12H22O9. The molecule has 2 rings (SSSR count). The molecule has 0 radical (unpaired) electrons. The summed E-state index contributed by atoms with van der Waals surface area (Å²) in [6.45, 7) is 3.00. The minimum absolute atomic E-state index is 0.784. The van der Waals surface area contributed by atoms with Gasteiger partial charge in [-0.15, -0.1) is 0 Å². The van der Waals surface area contributed by atoms with Gasteiger partial charge in [0.05, 0.1) is 12.2 Å². The van der Waals surface area contributed by atoms with E-state index in [4.69, 9.17) is 14.2 Å². The highest BCUT2D eigenvalue weighted by molar-refractivity contribution is 4.91. The summed E-state index contributed by atoms with van der Waals surface area (Å²) in [5, 5.41) is 58.0. The Morgan fingerprint density at radius 1 is 0.667 bits per heavy atom. The molecule has 21 heavy (non-hydrogen) atoms. The lowest BCUT2D eigenvalue weighted by atomic mass is 9.98. The van der Waals surface area contributed by atoms with Gasteiger partial charge in [-0.3, -0.25) is 0 Å². The first-order valence-corrected chi connectivity index (χ1v) is 6.78. The average Bonchev–Trinajstić information content (AvgIpc) is 2.44. The van der Waals surface area contributed by atoms with Gasteiger partial charge in [-0.05, 0) is 13.8 Å². The Kier molecular flexibility index (Phi) is 5.19. The second kappa shape index (κ2) is 6.41. The van der Waals surface area contributed by atoms with Crippen LogP contribution >= 0.6 is 0 Å². The van der Waals surface area contributed by atoms with E-state index in [-0.39, 0.29) is 0 Å². The van der Waals surface area contributed by atoms with Gasteiger partial charge in [0.1, 0.15) is 36.6 Å². The van der Waals surface area contributed by atoms with Crippen molar-refractivity contribution in [2.24, 2.45) is 0 Å². The third kappa shape index (κ3) is 3.21. The van der Waals surface area contributed by atoms with E-state index in [0.717, 1.165) is 0 Å². The van der Waals surface area contributed by atoms with E-state index < -0.39 is 61.4 Å². The minimum atomic E-state index is -1.57. The molecule has 9 nitrogen and oxygen atoms in total. The van der Waals surface area contributed by atoms with Crippen LogP contribution in [0.2, 0.25) is 0 Å². The second-order valence-corrected chi connectivity index (χ2v) is 5.50. The Balaban J connectivity index is 2.06.